The van der Waals surface area contributed by atoms with Crippen molar-refractivity contribution in [1.29, 1.82) is 0 Å². The van der Waals surface area contributed by atoms with Gasteiger partial charge >= 0.3 is 5.92 Å². The normalized spacial score (nSPS) is 32.7. The summed E-state index contributed by atoms with van der Waals surface area (Å²) in [6.45, 7) is 2.15. The number of tetrazole rings is 1. The third-order valence-electron chi connectivity index (χ3n) is 7.42. The predicted molar refractivity (Wildman–Crippen MR) is 93.2 cm³/mol. The number of H-pyrrole nitrogens is 1. The molecule has 1 heterocycles. The summed E-state index contributed by atoms with van der Waals surface area (Å²) in [5.74, 6) is -2.13. The number of nitrogens with zero attached hydrogens (tertiary/aromatic N) is 3. The van der Waals surface area contributed by atoms with E-state index in [0.29, 0.717) is 30.0 Å². The highest BCUT2D eigenvalue weighted by atomic mass is 19.3. The Balaban J connectivity index is 1.48. The third kappa shape index (κ3) is 2.33. The molecule has 2 saturated carbocycles. The molecule has 1 N–H and O–H groups in total. The molecule has 1 aromatic carbocycles. The van der Waals surface area contributed by atoms with E-state index in [9.17, 15) is 13.6 Å². The molecular formula is C20H22F2N4O. The molecule has 7 heteroatoms. The summed E-state index contributed by atoms with van der Waals surface area (Å²) in [5.41, 5.74) is 1.95. The molecular weight excluding hydrogens is 350 g/mol. The lowest BCUT2D eigenvalue weighted by atomic mass is 9.55. The van der Waals surface area contributed by atoms with Crippen LogP contribution in [0.25, 0.3) is 0 Å². The van der Waals surface area contributed by atoms with Gasteiger partial charge in [-0.1, -0.05) is 19.1 Å². The first-order valence-electron chi connectivity index (χ1n) is 9.69. The van der Waals surface area contributed by atoms with Crippen molar-refractivity contribution in [2.45, 2.75) is 57.3 Å². The van der Waals surface area contributed by atoms with Crippen molar-refractivity contribution in [3.63, 3.8) is 0 Å². The zero-order valence-electron chi connectivity index (χ0n) is 15.2. The zero-order valence-corrected chi connectivity index (χ0v) is 15.2. The monoisotopic (exact) mass is 372 g/mol. The van der Waals surface area contributed by atoms with Gasteiger partial charge in [0.2, 0.25) is 5.82 Å². The maximum Gasteiger partial charge on any atom is 0.335 e. The van der Waals surface area contributed by atoms with Crippen LogP contribution in [0.4, 0.5) is 8.78 Å². The Bertz CT molecular complexity index is 897. The van der Waals surface area contributed by atoms with Crippen LogP contribution in [0.3, 0.4) is 0 Å². The Labute approximate surface area is 155 Å². The number of hydrogen-bond donors (Lipinski definition) is 1. The molecule has 0 aliphatic heterocycles. The first-order valence-corrected chi connectivity index (χ1v) is 9.69. The molecule has 3 aliphatic rings. The predicted octanol–water partition coefficient (Wildman–Crippen LogP) is 3.77. The van der Waals surface area contributed by atoms with E-state index in [1.54, 1.807) is 6.07 Å². The van der Waals surface area contributed by atoms with Crippen LogP contribution in [0, 0.1) is 17.3 Å². The second-order valence-electron chi connectivity index (χ2n) is 8.56. The summed E-state index contributed by atoms with van der Waals surface area (Å²) < 4.78 is 29.3. The van der Waals surface area contributed by atoms with Crippen LogP contribution in [0.2, 0.25) is 0 Å². The van der Waals surface area contributed by atoms with E-state index in [0.717, 1.165) is 37.7 Å². The van der Waals surface area contributed by atoms with Gasteiger partial charge in [-0.05, 0) is 72.3 Å². The minimum absolute atomic E-state index is 0.0854. The Kier molecular flexibility index (Phi) is 3.55. The van der Waals surface area contributed by atoms with Crippen LogP contribution in [0.5, 0.6) is 0 Å². The van der Waals surface area contributed by atoms with E-state index >= 15 is 0 Å². The molecule has 5 nitrogen and oxygen atoms in total. The summed E-state index contributed by atoms with van der Waals surface area (Å²) in [6.07, 6.45) is 5.33. The molecule has 2 fully saturated rings. The molecule has 0 spiro atoms. The number of aromatic amines is 1. The Morgan fingerprint density at radius 3 is 2.85 bits per heavy atom. The number of alkyl halides is 2. The number of nitrogens with one attached hydrogen (secondary N) is 1. The van der Waals surface area contributed by atoms with Gasteiger partial charge in [-0.2, -0.15) is 14.0 Å². The lowest BCUT2D eigenvalue weighted by molar-refractivity contribution is -0.129. The maximum atomic E-state index is 14.7. The number of hydrogen-bond acceptors (Lipinski definition) is 4. The van der Waals surface area contributed by atoms with Crippen LogP contribution in [0.1, 0.15) is 67.5 Å². The molecule has 5 rings (SSSR count). The van der Waals surface area contributed by atoms with Crippen molar-refractivity contribution in [3.8, 4) is 0 Å². The van der Waals surface area contributed by atoms with Gasteiger partial charge in [0, 0.05) is 17.4 Å². The number of aromatic nitrogens is 4. The fraction of sp³-hybridized carbons (Fsp3) is 0.600. The molecule has 142 valence electrons. The summed E-state index contributed by atoms with van der Waals surface area (Å²) in [7, 11) is 0. The van der Waals surface area contributed by atoms with E-state index in [4.69, 9.17) is 0 Å². The lowest BCUT2D eigenvalue weighted by Crippen LogP contribution is -2.42. The second kappa shape index (κ2) is 5.66. The highest BCUT2D eigenvalue weighted by Gasteiger charge is 2.54. The quantitative estimate of drug-likeness (QED) is 0.871. The molecule has 27 heavy (non-hydrogen) atoms. The maximum absolute atomic E-state index is 14.7. The first kappa shape index (κ1) is 17.0. The zero-order chi connectivity index (χ0) is 18.8. The minimum Gasteiger partial charge on any atom is -0.299 e. The Morgan fingerprint density at radius 1 is 1.22 bits per heavy atom. The number of carbonyl (C=O) groups is 1. The van der Waals surface area contributed by atoms with Gasteiger partial charge in [0.1, 0.15) is 5.78 Å². The number of fused-ring (bicyclic) bond motifs is 5. The number of aryl methyl sites for hydroxylation is 1. The standard InChI is InChI=1S/C20H22F2N4O/c1-19-9-8-14-13-5-3-12(20(21,22)18-23-25-26-24-18)10-11(13)2-4-15(14)16(19)6-7-17(19)27/h3,5,10,14-16H,2,4,6-9H2,1H3,(H,23,24,25,26)/t14-,15-,16+,19+/m1/s1. The van der Waals surface area contributed by atoms with Crippen LogP contribution in [-0.2, 0) is 17.1 Å². The molecule has 4 atom stereocenters. The third-order valence-corrected chi connectivity index (χ3v) is 7.42. The number of halogens is 2. The van der Waals surface area contributed by atoms with E-state index in [2.05, 4.69) is 27.5 Å². The van der Waals surface area contributed by atoms with Crippen molar-refractivity contribution in [2.24, 2.45) is 17.3 Å². The Morgan fingerprint density at radius 2 is 2.07 bits per heavy atom. The highest BCUT2D eigenvalue weighted by Crippen LogP contribution is 2.59. The van der Waals surface area contributed by atoms with Crippen LogP contribution < -0.4 is 0 Å². The molecule has 0 saturated heterocycles. The average Bonchev–Trinajstić information content (AvgIpc) is 3.30. The summed E-state index contributed by atoms with van der Waals surface area (Å²) in [6, 6.07) is 5.00. The fourth-order valence-corrected chi connectivity index (χ4v) is 5.97. The molecule has 0 radical (unpaired) electrons. The molecule has 0 bridgehead atoms. The van der Waals surface area contributed by atoms with Gasteiger partial charge < -0.3 is 0 Å². The van der Waals surface area contributed by atoms with Crippen molar-refractivity contribution >= 4 is 5.78 Å². The average molecular weight is 372 g/mol. The minimum atomic E-state index is -3.26. The van der Waals surface area contributed by atoms with Crippen molar-refractivity contribution in [1.82, 2.24) is 20.6 Å². The molecule has 0 unspecified atom stereocenters. The number of carbonyl (C=O) groups excluding carboxylic acids is 1. The van der Waals surface area contributed by atoms with Crippen molar-refractivity contribution in [2.75, 3.05) is 0 Å². The van der Waals surface area contributed by atoms with Gasteiger partial charge in [0.15, 0.2) is 0 Å². The largest absolute Gasteiger partial charge is 0.335 e. The van der Waals surface area contributed by atoms with Gasteiger partial charge in [-0.25, -0.2) is 0 Å². The summed E-state index contributed by atoms with van der Waals surface area (Å²) in [5, 5.41) is 12.3. The van der Waals surface area contributed by atoms with E-state index in [1.807, 2.05) is 6.07 Å². The first-order chi connectivity index (χ1) is 12.9. The van der Waals surface area contributed by atoms with E-state index in [1.165, 1.54) is 11.6 Å². The van der Waals surface area contributed by atoms with Crippen molar-refractivity contribution in [3.05, 3.63) is 40.7 Å². The SMILES string of the molecule is C[C@]12CC[C@@H]3c4ccc(C(F)(F)c5nn[nH]n5)cc4CC[C@H]3[C@@H]1CCC2=O. The summed E-state index contributed by atoms with van der Waals surface area (Å²) in [4.78, 5) is 12.4. The van der Waals surface area contributed by atoms with Gasteiger partial charge in [-0.3, -0.25) is 4.79 Å². The Hall–Kier alpha value is -2.18. The molecule has 1 aromatic heterocycles. The van der Waals surface area contributed by atoms with Gasteiger partial charge in [0.25, 0.3) is 0 Å². The number of rotatable bonds is 2. The van der Waals surface area contributed by atoms with Crippen LogP contribution >= 0.6 is 0 Å². The van der Waals surface area contributed by atoms with E-state index in [-0.39, 0.29) is 11.0 Å². The number of Topliss-reactive ketones (excluding diaryl/α,β-unsaturated/α-hetero) is 1. The highest BCUT2D eigenvalue weighted by molar-refractivity contribution is 5.87. The van der Waals surface area contributed by atoms with Crippen molar-refractivity contribution < 1.29 is 13.6 Å². The summed E-state index contributed by atoms with van der Waals surface area (Å²) >= 11 is 0. The molecule has 0 amide bonds. The van der Waals surface area contributed by atoms with Crippen LogP contribution in [-0.4, -0.2) is 26.4 Å². The van der Waals surface area contributed by atoms with Gasteiger partial charge in [0.05, 0.1) is 0 Å². The topological polar surface area (TPSA) is 71.5 Å². The lowest BCUT2D eigenvalue weighted by Gasteiger charge is -2.48. The smallest absolute Gasteiger partial charge is 0.299 e. The van der Waals surface area contributed by atoms with E-state index < -0.39 is 11.7 Å². The number of benzene rings is 1. The fourth-order valence-electron chi connectivity index (χ4n) is 5.97. The number of ketones is 1. The molecule has 3 aliphatic carbocycles. The second-order valence-corrected chi connectivity index (χ2v) is 8.56. The molecule has 2 aromatic rings. The van der Waals surface area contributed by atoms with Crippen LogP contribution in [0.15, 0.2) is 18.2 Å². The van der Waals surface area contributed by atoms with Gasteiger partial charge in [-0.15, -0.1) is 10.2 Å².